The van der Waals surface area contributed by atoms with E-state index in [9.17, 15) is 18.0 Å². The van der Waals surface area contributed by atoms with Crippen LogP contribution >= 0.6 is 0 Å². The molecule has 2 aromatic rings. The van der Waals surface area contributed by atoms with Gasteiger partial charge < -0.3 is 20.9 Å². The largest absolute Gasteiger partial charge is 0.364 e. The minimum Gasteiger partial charge on any atom is -0.364 e. The number of rotatable bonds is 5. The SMILES string of the molecule is NC(=O)C(c1ccccc1)[NH+]1CCN(C(=O)Nc2ccc(S(N)(=O)=O)cc2)CC1. The van der Waals surface area contributed by atoms with Crippen LogP contribution in [0.2, 0.25) is 0 Å². The van der Waals surface area contributed by atoms with Crippen LogP contribution in [0.5, 0.6) is 0 Å². The molecule has 2 aromatic carbocycles. The zero-order valence-corrected chi connectivity index (χ0v) is 16.6. The average Bonchev–Trinajstić information content (AvgIpc) is 2.69. The van der Waals surface area contributed by atoms with Crippen LogP contribution in [-0.4, -0.2) is 51.4 Å². The highest BCUT2D eigenvalue weighted by molar-refractivity contribution is 7.89. The number of nitrogens with one attached hydrogen (secondary N) is 2. The number of benzene rings is 2. The Kier molecular flexibility index (Phi) is 6.16. The third-order valence-electron chi connectivity index (χ3n) is 4.95. The number of urea groups is 1. The molecule has 9 nitrogen and oxygen atoms in total. The van der Waals surface area contributed by atoms with Gasteiger partial charge in [-0.1, -0.05) is 30.3 Å². The minimum atomic E-state index is -3.78. The van der Waals surface area contributed by atoms with Crippen LogP contribution in [0.4, 0.5) is 10.5 Å². The van der Waals surface area contributed by atoms with Crippen molar-refractivity contribution in [1.82, 2.24) is 4.90 Å². The lowest BCUT2D eigenvalue weighted by molar-refractivity contribution is -0.925. The maximum Gasteiger partial charge on any atom is 0.322 e. The van der Waals surface area contributed by atoms with Gasteiger partial charge in [0, 0.05) is 11.3 Å². The molecule has 3 rings (SSSR count). The van der Waals surface area contributed by atoms with Gasteiger partial charge in [0.2, 0.25) is 10.0 Å². The van der Waals surface area contributed by atoms with Gasteiger partial charge in [0.25, 0.3) is 5.91 Å². The number of piperazine rings is 1. The van der Waals surface area contributed by atoms with Crippen LogP contribution in [-0.2, 0) is 14.8 Å². The summed E-state index contributed by atoms with van der Waals surface area (Å²) in [6.07, 6.45) is 0. The molecule has 0 aliphatic carbocycles. The normalized spacial score (nSPS) is 16.2. The molecule has 6 N–H and O–H groups in total. The Labute approximate surface area is 169 Å². The predicted octanol–water partition coefficient (Wildman–Crippen LogP) is -0.707. The fraction of sp³-hybridized carbons (Fsp3) is 0.263. The highest BCUT2D eigenvalue weighted by atomic mass is 32.2. The Balaban J connectivity index is 1.60. The maximum atomic E-state index is 12.5. The van der Waals surface area contributed by atoms with Crippen molar-refractivity contribution in [1.29, 1.82) is 0 Å². The number of quaternary nitrogens is 1. The molecule has 1 fully saturated rings. The molecular weight excluding hydrogens is 394 g/mol. The lowest BCUT2D eigenvalue weighted by atomic mass is 10.0. The molecule has 29 heavy (non-hydrogen) atoms. The second-order valence-corrected chi connectivity index (χ2v) is 8.45. The van der Waals surface area contributed by atoms with Crippen LogP contribution in [0.1, 0.15) is 11.6 Å². The van der Waals surface area contributed by atoms with Crippen LogP contribution in [0, 0.1) is 0 Å². The standard InChI is InChI=1S/C19H23N5O4S/c20-18(25)17(14-4-2-1-3-5-14)23-10-12-24(13-11-23)19(26)22-15-6-8-16(9-7-15)29(21,27)28/h1-9,17H,10-13H2,(H2,20,25)(H,22,26)(H2,21,27,28)/p+1. The van der Waals surface area contributed by atoms with Gasteiger partial charge in [-0.2, -0.15) is 0 Å². The monoisotopic (exact) mass is 418 g/mol. The van der Waals surface area contributed by atoms with Crippen LogP contribution in [0.3, 0.4) is 0 Å². The van der Waals surface area contributed by atoms with Crippen molar-refractivity contribution in [2.24, 2.45) is 10.9 Å². The third-order valence-corrected chi connectivity index (χ3v) is 5.88. The number of amides is 3. The highest BCUT2D eigenvalue weighted by Crippen LogP contribution is 2.14. The van der Waals surface area contributed by atoms with Crippen molar-refractivity contribution >= 4 is 27.6 Å². The number of nitrogens with zero attached hydrogens (tertiary/aromatic N) is 1. The Morgan fingerprint density at radius 3 is 2.10 bits per heavy atom. The second kappa shape index (κ2) is 8.60. The van der Waals surface area contributed by atoms with Crippen molar-refractivity contribution in [3.05, 3.63) is 60.2 Å². The molecule has 0 aromatic heterocycles. The van der Waals surface area contributed by atoms with E-state index in [4.69, 9.17) is 10.9 Å². The number of hydrogen-bond acceptors (Lipinski definition) is 4. The lowest BCUT2D eigenvalue weighted by Gasteiger charge is -2.35. The summed E-state index contributed by atoms with van der Waals surface area (Å²) in [7, 11) is -3.78. The Bertz CT molecular complexity index is 971. The summed E-state index contributed by atoms with van der Waals surface area (Å²) < 4.78 is 22.6. The molecule has 1 aliphatic rings. The first kappa shape index (κ1) is 20.8. The minimum absolute atomic E-state index is 0.0221. The van der Waals surface area contributed by atoms with Crippen LogP contribution in [0.25, 0.3) is 0 Å². The summed E-state index contributed by atoms with van der Waals surface area (Å²) in [6, 6.07) is 14.3. The van der Waals surface area contributed by atoms with Gasteiger partial charge >= 0.3 is 6.03 Å². The zero-order chi connectivity index (χ0) is 21.0. The quantitative estimate of drug-likeness (QED) is 0.509. The van der Waals surface area contributed by atoms with E-state index in [0.717, 1.165) is 10.5 Å². The number of carbonyl (C=O) groups is 2. The number of sulfonamides is 1. The van der Waals surface area contributed by atoms with Crippen molar-refractivity contribution < 1.29 is 22.9 Å². The van der Waals surface area contributed by atoms with Crippen LogP contribution < -0.4 is 21.1 Å². The molecule has 1 unspecified atom stereocenters. The van der Waals surface area contributed by atoms with Gasteiger partial charge in [-0.15, -0.1) is 0 Å². The zero-order valence-electron chi connectivity index (χ0n) is 15.7. The molecule has 1 heterocycles. The molecule has 0 radical (unpaired) electrons. The lowest BCUT2D eigenvalue weighted by Crippen LogP contribution is -3.16. The molecule has 1 atom stereocenters. The number of primary amides is 1. The van der Waals surface area contributed by atoms with Gasteiger partial charge in [0.05, 0.1) is 31.1 Å². The topological polar surface area (TPSA) is 140 Å². The number of nitrogens with two attached hydrogens (primary N) is 2. The molecule has 0 bridgehead atoms. The van der Waals surface area contributed by atoms with E-state index < -0.39 is 16.1 Å². The van der Waals surface area contributed by atoms with E-state index in [-0.39, 0.29) is 16.8 Å². The molecule has 0 saturated carbocycles. The van der Waals surface area contributed by atoms with E-state index in [0.29, 0.717) is 31.9 Å². The second-order valence-electron chi connectivity index (χ2n) is 6.89. The summed E-state index contributed by atoms with van der Waals surface area (Å²) >= 11 is 0. The van der Waals surface area contributed by atoms with Gasteiger partial charge in [0.15, 0.2) is 6.04 Å². The molecule has 3 amide bonds. The summed E-state index contributed by atoms with van der Waals surface area (Å²) in [5, 5.41) is 7.81. The van der Waals surface area contributed by atoms with Gasteiger partial charge in [-0.3, -0.25) is 4.79 Å². The fourth-order valence-electron chi connectivity index (χ4n) is 3.46. The summed E-state index contributed by atoms with van der Waals surface area (Å²) in [6.45, 7) is 2.10. The summed E-state index contributed by atoms with van der Waals surface area (Å²) in [4.78, 5) is 27.2. The smallest absolute Gasteiger partial charge is 0.322 e. The van der Waals surface area contributed by atoms with E-state index in [1.165, 1.54) is 24.3 Å². The van der Waals surface area contributed by atoms with Crippen molar-refractivity contribution in [2.75, 3.05) is 31.5 Å². The Hall–Kier alpha value is -2.95. The van der Waals surface area contributed by atoms with Gasteiger partial charge in [-0.25, -0.2) is 18.4 Å². The number of anilines is 1. The van der Waals surface area contributed by atoms with E-state index >= 15 is 0 Å². The first-order valence-electron chi connectivity index (χ1n) is 9.13. The summed E-state index contributed by atoms with van der Waals surface area (Å²) in [5.41, 5.74) is 6.97. The number of hydrogen-bond donors (Lipinski definition) is 4. The van der Waals surface area contributed by atoms with Crippen molar-refractivity contribution in [2.45, 2.75) is 10.9 Å². The predicted molar refractivity (Wildman–Crippen MR) is 107 cm³/mol. The average molecular weight is 418 g/mol. The molecule has 10 heteroatoms. The molecule has 1 aliphatic heterocycles. The molecule has 1 saturated heterocycles. The first-order valence-corrected chi connectivity index (χ1v) is 10.7. The Morgan fingerprint density at radius 1 is 1.00 bits per heavy atom. The molecular formula is C19H24N5O4S+. The van der Waals surface area contributed by atoms with Gasteiger partial charge in [-0.05, 0) is 24.3 Å². The third kappa shape index (κ3) is 5.11. The molecule has 154 valence electrons. The number of primary sulfonamides is 1. The van der Waals surface area contributed by atoms with E-state index in [2.05, 4.69) is 5.32 Å². The highest BCUT2D eigenvalue weighted by Gasteiger charge is 2.33. The summed E-state index contributed by atoms with van der Waals surface area (Å²) in [5.74, 6) is -0.390. The number of carbonyl (C=O) groups excluding carboxylic acids is 2. The fourth-order valence-corrected chi connectivity index (χ4v) is 3.98. The first-order chi connectivity index (χ1) is 13.8. The van der Waals surface area contributed by atoms with E-state index in [1.54, 1.807) is 4.90 Å². The van der Waals surface area contributed by atoms with Crippen LogP contribution in [0.15, 0.2) is 59.5 Å². The molecule has 0 spiro atoms. The van der Waals surface area contributed by atoms with Crippen molar-refractivity contribution in [3.63, 3.8) is 0 Å². The van der Waals surface area contributed by atoms with E-state index in [1.807, 2.05) is 30.3 Å². The van der Waals surface area contributed by atoms with Crippen molar-refractivity contribution in [3.8, 4) is 0 Å². The Morgan fingerprint density at radius 2 is 1.59 bits per heavy atom. The van der Waals surface area contributed by atoms with Gasteiger partial charge in [0.1, 0.15) is 0 Å². The maximum absolute atomic E-state index is 12.5.